The number of rotatable bonds is 3. The van der Waals surface area contributed by atoms with E-state index in [9.17, 15) is 4.79 Å². The van der Waals surface area contributed by atoms with Gasteiger partial charge in [-0.3, -0.25) is 4.79 Å². The van der Waals surface area contributed by atoms with Crippen LogP contribution >= 0.6 is 0 Å². The largest absolute Gasteiger partial charge is 0.381 e. The molecule has 0 atom stereocenters. The molecule has 2 aliphatic rings. The highest BCUT2D eigenvalue weighted by atomic mass is 16.5. The van der Waals surface area contributed by atoms with E-state index in [2.05, 4.69) is 5.32 Å². The van der Waals surface area contributed by atoms with Crippen LogP contribution in [0.2, 0.25) is 0 Å². The molecule has 2 fully saturated rings. The van der Waals surface area contributed by atoms with E-state index in [1.54, 1.807) is 0 Å². The number of ether oxygens (including phenoxy) is 1. The number of hydrogen-bond acceptors (Lipinski definition) is 3. The number of nitrogens with one attached hydrogen (secondary N) is 1. The number of amides is 1. The summed E-state index contributed by atoms with van der Waals surface area (Å²) in [4.78, 5) is 11.8. The maximum Gasteiger partial charge on any atom is 0.240 e. The second-order valence-electron chi connectivity index (χ2n) is 4.42. The summed E-state index contributed by atoms with van der Waals surface area (Å²) in [6.07, 6.45) is 3.79. The lowest BCUT2D eigenvalue weighted by Gasteiger charge is -2.31. The van der Waals surface area contributed by atoms with Crippen LogP contribution in [0.25, 0.3) is 0 Å². The fraction of sp³-hybridized carbons (Fsp3) is 0.900. The van der Waals surface area contributed by atoms with Crippen molar-refractivity contribution in [2.75, 3.05) is 19.8 Å². The van der Waals surface area contributed by atoms with Crippen molar-refractivity contribution in [1.29, 1.82) is 0 Å². The lowest BCUT2D eigenvalue weighted by molar-refractivity contribution is -0.129. The van der Waals surface area contributed by atoms with Crippen LogP contribution in [-0.4, -0.2) is 31.2 Å². The fourth-order valence-corrected chi connectivity index (χ4v) is 1.70. The molecule has 0 radical (unpaired) electrons. The van der Waals surface area contributed by atoms with Crippen molar-refractivity contribution >= 4 is 5.91 Å². The molecule has 0 aromatic carbocycles. The summed E-state index contributed by atoms with van der Waals surface area (Å²) in [5.74, 6) is 0.718. The quantitative estimate of drug-likeness (QED) is 0.672. The van der Waals surface area contributed by atoms with Gasteiger partial charge in [0, 0.05) is 19.8 Å². The summed E-state index contributed by atoms with van der Waals surface area (Å²) in [6.45, 7) is 2.01. The molecule has 4 nitrogen and oxygen atoms in total. The molecule has 0 spiro atoms. The SMILES string of the molecule is NC1(C(=O)NCC2CC2)CCOCC1. The molecule has 0 aromatic rings. The third kappa shape index (κ3) is 2.25. The van der Waals surface area contributed by atoms with Gasteiger partial charge >= 0.3 is 0 Å². The molecule has 0 unspecified atom stereocenters. The molecule has 1 heterocycles. The van der Waals surface area contributed by atoms with Crippen molar-refractivity contribution in [3.05, 3.63) is 0 Å². The van der Waals surface area contributed by atoms with Crippen molar-refractivity contribution in [1.82, 2.24) is 5.32 Å². The van der Waals surface area contributed by atoms with Gasteiger partial charge in [-0.05, 0) is 31.6 Å². The summed E-state index contributed by atoms with van der Waals surface area (Å²) < 4.78 is 5.19. The molecule has 4 heteroatoms. The maximum atomic E-state index is 11.8. The third-order valence-corrected chi connectivity index (χ3v) is 3.09. The monoisotopic (exact) mass is 198 g/mol. The number of hydrogen-bond donors (Lipinski definition) is 2. The van der Waals surface area contributed by atoms with Crippen LogP contribution < -0.4 is 11.1 Å². The van der Waals surface area contributed by atoms with E-state index in [1.165, 1.54) is 12.8 Å². The first kappa shape index (κ1) is 9.93. The Labute approximate surface area is 84.2 Å². The van der Waals surface area contributed by atoms with Crippen molar-refractivity contribution < 1.29 is 9.53 Å². The van der Waals surface area contributed by atoms with E-state index in [0.717, 1.165) is 6.54 Å². The van der Waals surface area contributed by atoms with Gasteiger partial charge in [0.15, 0.2) is 0 Å². The molecule has 1 aliphatic carbocycles. The first-order chi connectivity index (χ1) is 6.71. The Morgan fingerprint density at radius 2 is 2.07 bits per heavy atom. The smallest absolute Gasteiger partial charge is 0.240 e. The highest BCUT2D eigenvalue weighted by Crippen LogP contribution is 2.28. The van der Waals surface area contributed by atoms with E-state index >= 15 is 0 Å². The van der Waals surface area contributed by atoms with Gasteiger partial charge in [0.05, 0.1) is 5.54 Å². The molecule has 1 saturated heterocycles. The van der Waals surface area contributed by atoms with Gasteiger partial charge in [-0.1, -0.05) is 0 Å². The van der Waals surface area contributed by atoms with Gasteiger partial charge in [0.1, 0.15) is 0 Å². The van der Waals surface area contributed by atoms with Gasteiger partial charge in [0.2, 0.25) is 5.91 Å². The fourth-order valence-electron chi connectivity index (χ4n) is 1.70. The molecule has 0 aromatic heterocycles. The highest BCUT2D eigenvalue weighted by Gasteiger charge is 2.36. The number of nitrogens with two attached hydrogens (primary N) is 1. The Balaban J connectivity index is 1.80. The van der Waals surface area contributed by atoms with Crippen LogP contribution in [0.3, 0.4) is 0 Å². The van der Waals surface area contributed by atoms with E-state index in [0.29, 0.717) is 32.0 Å². The third-order valence-electron chi connectivity index (χ3n) is 3.09. The van der Waals surface area contributed by atoms with E-state index in [-0.39, 0.29) is 5.91 Å². The lowest BCUT2D eigenvalue weighted by Crippen LogP contribution is -2.57. The minimum atomic E-state index is -0.673. The van der Waals surface area contributed by atoms with Gasteiger partial charge in [-0.25, -0.2) is 0 Å². The average Bonchev–Trinajstić information content (AvgIpc) is 2.99. The zero-order valence-electron chi connectivity index (χ0n) is 8.42. The van der Waals surface area contributed by atoms with Gasteiger partial charge in [0.25, 0.3) is 0 Å². The highest BCUT2D eigenvalue weighted by molar-refractivity contribution is 5.86. The minimum Gasteiger partial charge on any atom is -0.381 e. The molecule has 1 saturated carbocycles. The number of carbonyl (C=O) groups excluding carboxylic acids is 1. The molecule has 3 N–H and O–H groups in total. The standard InChI is InChI=1S/C10H18N2O2/c11-10(3-5-14-6-4-10)9(13)12-7-8-1-2-8/h8H,1-7,11H2,(H,12,13). The Bertz CT molecular complexity index is 220. The second kappa shape index (κ2) is 3.87. The van der Waals surface area contributed by atoms with E-state index in [1.807, 2.05) is 0 Å². The molecule has 1 aliphatic heterocycles. The molecule has 80 valence electrons. The molecule has 0 bridgehead atoms. The van der Waals surface area contributed by atoms with Gasteiger partial charge < -0.3 is 15.8 Å². The Hall–Kier alpha value is -0.610. The normalized spacial score (nSPS) is 25.8. The predicted molar refractivity (Wildman–Crippen MR) is 52.7 cm³/mol. The van der Waals surface area contributed by atoms with Crippen molar-refractivity contribution in [2.24, 2.45) is 11.7 Å². The van der Waals surface area contributed by atoms with Gasteiger partial charge in [-0.2, -0.15) is 0 Å². The Kier molecular flexibility index (Phi) is 2.74. The Morgan fingerprint density at radius 3 is 2.64 bits per heavy atom. The van der Waals surface area contributed by atoms with E-state index in [4.69, 9.17) is 10.5 Å². The van der Waals surface area contributed by atoms with Crippen molar-refractivity contribution in [3.8, 4) is 0 Å². The minimum absolute atomic E-state index is 0.00713. The van der Waals surface area contributed by atoms with Crippen LogP contribution in [-0.2, 0) is 9.53 Å². The van der Waals surface area contributed by atoms with Gasteiger partial charge in [-0.15, -0.1) is 0 Å². The van der Waals surface area contributed by atoms with Crippen LogP contribution in [0.1, 0.15) is 25.7 Å². The first-order valence-electron chi connectivity index (χ1n) is 5.36. The average molecular weight is 198 g/mol. The van der Waals surface area contributed by atoms with Crippen molar-refractivity contribution in [2.45, 2.75) is 31.2 Å². The topological polar surface area (TPSA) is 64.4 Å². The molecule has 1 amide bonds. The van der Waals surface area contributed by atoms with Crippen LogP contribution in [0.5, 0.6) is 0 Å². The molecular weight excluding hydrogens is 180 g/mol. The zero-order valence-corrected chi connectivity index (χ0v) is 8.42. The first-order valence-corrected chi connectivity index (χ1v) is 5.36. The summed E-state index contributed by atoms with van der Waals surface area (Å²) in [7, 11) is 0. The molecular formula is C10H18N2O2. The van der Waals surface area contributed by atoms with E-state index < -0.39 is 5.54 Å². The summed E-state index contributed by atoms with van der Waals surface area (Å²) in [6, 6.07) is 0. The second-order valence-corrected chi connectivity index (χ2v) is 4.42. The van der Waals surface area contributed by atoms with Crippen LogP contribution in [0.4, 0.5) is 0 Å². The zero-order chi connectivity index (χ0) is 10.0. The van der Waals surface area contributed by atoms with Crippen LogP contribution in [0, 0.1) is 5.92 Å². The van der Waals surface area contributed by atoms with Crippen molar-refractivity contribution in [3.63, 3.8) is 0 Å². The summed E-state index contributed by atoms with van der Waals surface area (Å²) in [5, 5.41) is 2.94. The molecule has 2 rings (SSSR count). The van der Waals surface area contributed by atoms with Crippen LogP contribution in [0.15, 0.2) is 0 Å². The number of carbonyl (C=O) groups is 1. The lowest BCUT2D eigenvalue weighted by atomic mass is 9.90. The summed E-state index contributed by atoms with van der Waals surface area (Å²) in [5.41, 5.74) is 5.34. The summed E-state index contributed by atoms with van der Waals surface area (Å²) >= 11 is 0. The predicted octanol–water partition coefficient (Wildman–Crippen LogP) is 0.0205. The molecule has 14 heavy (non-hydrogen) atoms. The maximum absolute atomic E-state index is 11.8. The Morgan fingerprint density at radius 1 is 1.43 bits per heavy atom.